The molecule has 2 aromatic rings. The van der Waals surface area contributed by atoms with E-state index in [0.29, 0.717) is 23.0 Å². The summed E-state index contributed by atoms with van der Waals surface area (Å²) in [7, 11) is 1.61. The Kier molecular flexibility index (Phi) is 5.99. The second-order valence-corrected chi connectivity index (χ2v) is 5.26. The lowest BCUT2D eigenvalue weighted by Gasteiger charge is -2.06. The van der Waals surface area contributed by atoms with Crippen molar-refractivity contribution in [1.82, 2.24) is 9.78 Å². The van der Waals surface area contributed by atoms with Crippen LogP contribution in [0.5, 0.6) is 5.75 Å². The number of nitrogens with zero attached hydrogens (tertiary/aromatic N) is 3. The molecule has 1 aromatic carbocycles. The van der Waals surface area contributed by atoms with Crippen LogP contribution in [-0.4, -0.2) is 29.5 Å². The first-order chi connectivity index (χ1) is 11.5. The van der Waals surface area contributed by atoms with Gasteiger partial charge in [-0.15, -0.1) is 0 Å². The maximum atomic E-state index is 11.4. The van der Waals surface area contributed by atoms with E-state index in [9.17, 15) is 4.79 Å². The molecule has 0 amide bonds. The third kappa shape index (κ3) is 4.37. The predicted octanol–water partition coefficient (Wildman–Crippen LogP) is 2.98. The minimum atomic E-state index is -0.604. The number of ether oxygens (including phenoxy) is 2. The Morgan fingerprint density at radius 2 is 2.29 bits per heavy atom. The molecular formula is C17H16ClN3O3. The average molecular weight is 346 g/mol. The standard InChI is InChI=1S/C17H16ClN3O3/c1-12-15(6-7-16(22)24-9-8-19)17(18)21(20-12)11-13-4-3-5-14(10-13)23-2/h3-7,10H,9,11H2,1-2H3/b7-6+. The molecule has 1 heterocycles. The molecule has 0 aliphatic carbocycles. The summed E-state index contributed by atoms with van der Waals surface area (Å²) in [6, 6.07) is 9.34. The first-order valence-electron chi connectivity index (χ1n) is 7.12. The van der Waals surface area contributed by atoms with Gasteiger partial charge in [-0.1, -0.05) is 23.7 Å². The third-order valence-corrected chi connectivity index (χ3v) is 3.64. The van der Waals surface area contributed by atoms with Crippen molar-refractivity contribution < 1.29 is 14.3 Å². The highest BCUT2D eigenvalue weighted by Crippen LogP contribution is 2.23. The maximum absolute atomic E-state index is 11.4. The van der Waals surface area contributed by atoms with Gasteiger partial charge in [-0.3, -0.25) is 0 Å². The molecule has 0 saturated heterocycles. The van der Waals surface area contributed by atoms with Crippen LogP contribution in [0.25, 0.3) is 6.08 Å². The molecule has 0 saturated carbocycles. The Morgan fingerprint density at radius 3 is 3.00 bits per heavy atom. The van der Waals surface area contributed by atoms with E-state index in [4.69, 9.17) is 21.6 Å². The van der Waals surface area contributed by atoms with Gasteiger partial charge in [0.25, 0.3) is 0 Å². The molecule has 0 spiro atoms. The molecule has 0 radical (unpaired) electrons. The van der Waals surface area contributed by atoms with Crippen molar-refractivity contribution in [2.75, 3.05) is 13.7 Å². The van der Waals surface area contributed by atoms with Gasteiger partial charge in [0.05, 0.1) is 19.3 Å². The highest BCUT2D eigenvalue weighted by Gasteiger charge is 2.12. The topological polar surface area (TPSA) is 77.1 Å². The Balaban J connectivity index is 2.18. The predicted molar refractivity (Wildman–Crippen MR) is 89.7 cm³/mol. The lowest BCUT2D eigenvalue weighted by atomic mass is 10.2. The van der Waals surface area contributed by atoms with Crippen molar-refractivity contribution >= 4 is 23.6 Å². The van der Waals surface area contributed by atoms with Gasteiger partial charge in [0, 0.05) is 11.6 Å². The van der Waals surface area contributed by atoms with E-state index >= 15 is 0 Å². The van der Waals surface area contributed by atoms with Crippen LogP contribution in [0.1, 0.15) is 16.8 Å². The van der Waals surface area contributed by atoms with Gasteiger partial charge < -0.3 is 9.47 Å². The van der Waals surface area contributed by atoms with Gasteiger partial charge in [0.1, 0.15) is 17.0 Å². The quantitative estimate of drug-likeness (QED) is 0.594. The minimum Gasteiger partial charge on any atom is -0.497 e. The number of carbonyl (C=O) groups is 1. The van der Waals surface area contributed by atoms with E-state index in [-0.39, 0.29) is 6.61 Å². The molecule has 0 N–H and O–H groups in total. The summed E-state index contributed by atoms with van der Waals surface area (Å²) in [5.74, 6) is 0.153. The van der Waals surface area contributed by atoms with Crippen molar-refractivity contribution in [1.29, 1.82) is 5.26 Å². The van der Waals surface area contributed by atoms with Gasteiger partial charge in [0.15, 0.2) is 6.61 Å². The Bertz CT molecular complexity index is 806. The average Bonchev–Trinajstić information content (AvgIpc) is 2.84. The van der Waals surface area contributed by atoms with Crippen LogP contribution in [0.15, 0.2) is 30.3 Å². The summed E-state index contributed by atoms with van der Waals surface area (Å²) in [4.78, 5) is 11.4. The normalized spacial score (nSPS) is 10.6. The van der Waals surface area contributed by atoms with Crippen molar-refractivity contribution in [3.8, 4) is 11.8 Å². The zero-order chi connectivity index (χ0) is 17.5. The fourth-order valence-corrected chi connectivity index (χ4v) is 2.41. The van der Waals surface area contributed by atoms with Crippen molar-refractivity contribution in [2.45, 2.75) is 13.5 Å². The van der Waals surface area contributed by atoms with Gasteiger partial charge in [-0.2, -0.15) is 10.4 Å². The van der Waals surface area contributed by atoms with E-state index in [1.54, 1.807) is 24.8 Å². The second kappa shape index (κ2) is 8.18. The number of methoxy groups -OCH3 is 1. The zero-order valence-corrected chi connectivity index (χ0v) is 14.1. The van der Waals surface area contributed by atoms with E-state index < -0.39 is 5.97 Å². The zero-order valence-electron chi connectivity index (χ0n) is 13.3. The summed E-state index contributed by atoms with van der Waals surface area (Å²) in [5.41, 5.74) is 2.31. The molecule has 6 nitrogen and oxygen atoms in total. The molecule has 124 valence electrons. The maximum Gasteiger partial charge on any atom is 0.331 e. The van der Waals surface area contributed by atoms with Crippen LogP contribution in [0.3, 0.4) is 0 Å². The van der Waals surface area contributed by atoms with Gasteiger partial charge in [-0.25, -0.2) is 9.48 Å². The Labute approximate surface area is 144 Å². The lowest BCUT2D eigenvalue weighted by Crippen LogP contribution is -2.02. The highest BCUT2D eigenvalue weighted by atomic mass is 35.5. The molecule has 0 aliphatic heterocycles. The summed E-state index contributed by atoms with van der Waals surface area (Å²) in [6.45, 7) is 1.99. The number of aryl methyl sites for hydroxylation is 1. The molecule has 0 fully saturated rings. The molecule has 2 rings (SSSR count). The molecule has 0 aliphatic rings. The summed E-state index contributed by atoms with van der Waals surface area (Å²) < 4.78 is 11.5. The fraction of sp³-hybridized carbons (Fsp3) is 0.235. The number of rotatable bonds is 6. The number of benzene rings is 1. The number of halogens is 1. The van der Waals surface area contributed by atoms with Crippen LogP contribution >= 0.6 is 11.6 Å². The first-order valence-corrected chi connectivity index (χ1v) is 7.50. The Morgan fingerprint density at radius 1 is 1.50 bits per heavy atom. The Hall–Kier alpha value is -2.78. The number of hydrogen-bond donors (Lipinski definition) is 0. The molecule has 0 atom stereocenters. The molecular weight excluding hydrogens is 330 g/mol. The van der Waals surface area contributed by atoms with E-state index in [0.717, 1.165) is 11.3 Å². The van der Waals surface area contributed by atoms with Crippen molar-refractivity contribution in [2.24, 2.45) is 0 Å². The monoisotopic (exact) mass is 345 g/mol. The van der Waals surface area contributed by atoms with Crippen molar-refractivity contribution in [3.05, 3.63) is 52.3 Å². The largest absolute Gasteiger partial charge is 0.497 e. The molecule has 1 aromatic heterocycles. The minimum absolute atomic E-state index is 0.287. The van der Waals surface area contributed by atoms with Crippen LogP contribution in [-0.2, 0) is 16.1 Å². The van der Waals surface area contributed by atoms with Gasteiger partial charge in [-0.05, 0) is 30.7 Å². The SMILES string of the molecule is COc1cccc(Cn2nc(C)c(/C=C/C(=O)OCC#N)c2Cl)c1. The van der Waals surface area contributed by atoms with Crippen molar-refractivity contribution in [3.63, 3.8) is 0 Å². The van der Waals surface area contributed by atoms with Crippen LogP contribution < -0.4 is 4.74 Å². The van der Waals surface area contributed by atoms with Gasteiger partial charge >= 0.3 is 5.97 Å². The fourth-order valence-electron chi connectivity index (χ4n) is 2.11. The van der Waals surface area contributed by atoms with Crippen LogP contribution in [0, 0.1) is 18.3 Å². The summed E-state index contributed by atoms with van der Waals surface area (Å²) >= 11 is 6.35. The number of nitriles is 1. The molecule has 24 heavy (non-hydrogen) atoms. The third-order valence-electron chi connectivity index (χ3n) is 3.24. The van der Waals surface area contributed by atoms with Gasteiger partial charge in [0.2, 0.25) is 0 Å². The lowest BCUT2D eigenvalue weighted by molar-refractivity contribution is -0.136. The number of esters is 1. The summed E-state index contributed by atoms with van der Waals surface area (Å²) in [5, 5.41) is 13.2. The summed E-state index contributed by atoms with van der Waals surface area (Å²) in [6.07, 6.45) is 2.76. The van der Waals surface area contributed by atoms with E-state index in [1.165, 1.54) is 12.2 Å². The number of aromatic nitrogens is 2. The molecule has 7 heteroatoms. The molecule has 0 bridgehead atoms. The highest BCUT2D eigenvalue weighted by molar-refractivity contribution is 6.31. The smallest absolute Gasteiger partial charge is 0.331 e. The van der Waals surface area contributed by atoms with E-state index in [2.05, 4.69) is 9.84 Å². The van der Waals surface area contributed by atoms with Crippen LogP contribution in [0.4, 0.5) is 0 Å². The van der Waals surface area contributed by atoms with Crippen LogP contribution in [0.2, 0.25) is 5.15 Å². The first kappa shape index (κ1) is 17.6. The second-order valence-electron chi connectivity index (χ2n) is 4.90. The number of hydrogen-bond acceptors (Lipinski definition) is 5. The molecule has 0 unspecified atom stereocenters. The number of carbonyl (C=O) groups excluding carboxylic acids is 1. The van der Waals surface area contributed by atoms with E-state index in [1.807, 2.05) is 24.3 Å².